The van der Waals surface area contributed by atoms with Crippen LogP contribution < -0.4 is 0 Å². The summed E-state index contributed by atoms with van der Waals surface area (Å²) in [6.07, 6.45) is 1.63. The lowest BCUT2D eigenvalue weighted by atomic mass is 10.1. The number of carbonyl (C=O) groups excluding carboxylic acids is 1. The van der Waals surface area contributed by atoms with Crippen LogP contribution in [0, 0.1) is 0 Å². The Kier molecular flexibility index (Phi) is 3.99. The molecule has 3 atom stereocenters. The van der Waals surface area contributed by atoms with Crippen molar-refractivity contribution in [2.75, 3.05) is 6.61 Å². The van der Waals surface area contributed by atoms with Crippen molar-refractivity contribution in [3.63, 3.8) is 0 Å². The Labute approximate surface area is 128 Å². The first-order valence-corrected chi connectivity index (χ1v) is 7.28. The largest absolute Gasteiger partial charge is 0.468 e. The molecule has 0 N–H and O–H groups in total. The number of hydrogen-bond acceptors (Lipinski definition) is 4. The molecule has 0 radical (unpaired) electrons. The highest BCUT2D eigenvalue weighted by molar-refractivity contribution is 6.30. The van der Waals surface area contributed by atoms with Crippen LogP contribution in [-0.4, -0.2) is 23.5 Å². The molecule has 2 heterocycles. The molecule has 1 aromatic carbocycles. The first kappa shape index (κ1) is 14.2. The van der Waals surface area contributed by atoms with Crippen molar-refractivity contribution >= 4 is 17.6 Å². The fourth-order valence-electron chi connectivity index (χ4n) is 2.58. The van der Waals surface area contributed by atoms with Gasteiger partial charge in [-0.3, -0.25) is 9.69 Å². The maximum Gasteiger partial charge on any atom is 0.325 e. The molecule has 0 bridgehead atoms. The van der Waals surface area contributed by atoms with Gasteiger partial charge in [0.15, 0.2) is 0 Å². The van der Waals surface area contributed by atoms with Crippen LogP contribution in [0.4, 0.5) is 0 Å². The van der Waals surface area contributed by atoms with Crippen LogP contribution in [0.1, 0.15) is 24.3 Å². The van der Waals surface area contributed by atoms with Gasteiger partial charge in [0.2, 0.25) is 0 Å². The second kappa shape index (κ2) is 5.92. The highest BCUT2D eigenvalue weighted by Gasteiger charge is 2.54. The highest BCUT2D eigenvalue weighted by Crippen LogP contribution is 2.45. The smallest absolute Gasteiger partial charge is 0.325 e. The van der Waals surface area contributed by atoms with E-state index in [2.05, 4.69) is 4.90 Å². The lowest BCUT2D eigenvalue weighted by molar-refractivity contribution is -0.143. The Morgan fingerprint density at radius 2 is 2.10 bits per heavy atom. The fraction of sp³-hybridized carbons (Fsp3) is 0.312. The number of rotatable bonds is 5. The van der Waals surface area contributed by atoms with Crippen LogP contribution in [0.15, 0.2) is 47.1 Å². The maximum atomic E-state index is 12.1. The molecular formula is C16H16ClNO3. The highest BCUT2D eigenvalue weighted by atomic mass is 35.5. The summed E-state index contributed by atoms with van der Waals surface area (Å²) in [5, 5.41) is 0.685. The molecule has 1 aliphatic rings. The number of benzene rings is 1. The van der Waals surface area contributed by atoms with Gasteiger partial charge in [-0.2, -0.15) is 0 Å². The van der Waals surface area contributed by atoms with Gasteiger partial charge in [-0.15, -0.1) is 0 Å². The van der Waals surface area contributed by atoms with Crippen molar-refractivity contribution in [3.8, 4) is 0 Å². The monoisotopic (exact) mass is 305 g/mol. The molecule has 0 saturated carbocycles. The Hall–Kier alpha value is -1.78. The van der Waals surface area contributed by atoms with Crippen molar-refractivity contribution in [3.05, 3.63) is 59.0 Å². The SMILES string of the molecule is CCOC(=O)[C@H]1[C@@H](c2ccc(Cl)cc2)N1Cc1ccco1. The van der Waals surface area contributed by atoms with Gasteiger partial charge in [0, 0.05) is 5.02 Å². The number of nitrogens with zero attached hydrogens (tertiary/aromatic N) is 1. The molecule has 1 aliphatic heterocycles. The summed E-state index contributed by atoms with van der Waals surface area (Å²) in [5.74, 6) is 0.643. The van der Waals surface area contributed by atoms with E-state index in [9.17, 15) is 4.79 Å². The summed E-state index contributed by atoms with van der Waals surface area (Å²) in [4.78, 5) is 14.1. The Morgan fingerprint density at radius 1 is 1.33 bits per heavy atom. The van der Waals surface area contributed by atoms with Gasteiger partial charge in [-0.25, -0.2) is 0 Å². The van der Waals surface area contributed by atoms with Gasteiger partial charge < -0.3 is 9.15 Å². The summed E-state index contributed by atoms with van der Waals surface area (Å²) in [5.41, 5.74) is 1.06. The van der Waals surface area contributed by atoms with Crippen molar-refractivity contribution in [2.24, 2.45) is 0 Å². The topological polar surface area (TPSA) is 42.5 Å². The molecule has 1 saturated heterocycles. The van der Waals surface area contributed by atoms with Crippen LogP contribution in [0.25, 0.3) is 0 Å². The molecule has 2 aromatic rings. The van der Waals surface area contributed by atoms with E-state index in [1.807, 2.05) is 43.3 Å². The van der Waals surface area contributed by atoms with Gasteiger partial charge in [0.05, 0.1) is 25.5 Å². The Morgan fingerprint density at radius 3 is 2.71 bits per heavy atom. The van der Waals surface area contributed by atoms with Crippen molar-refractivity contribution < 1.29 is 13.9 Å². The van der Waals surface area contributed by atoms with Gasteiger partial charge >= 0.3 is 5.97 Å². The minimum Gasteiger partial charge on any atom is -0.468 e. The number of carbonyl (C=O) groups is 1. The van der Waals surface area contributed by atoms with Gasteiger partial charge in [-0.05, 0) is 36.8 Å². The molecule has 0 spiro atoms. The van der Waals surface area contributed by atoms with Crippen LogP contribution in [-0.2, 0) is 16.1 Å². The van der Waals surface area contributed by atoms with Crippen LogP contribution in [0.2, 0.25) is 5.02 Å². The molecule has 110 valence electrons. The first-order chi connectivity index (χ1) is 10.2. The molecule has 3 rings (SSSR count). The van der Waals surface area contributed by atoms with Crippen molar-refractivity contribution in [1.82, 2.24) is 4.90 Å². The number of furan rings is 1. The molecule has 1 fully saturated rings. The zero-order valence-corrected chi connectivity index (χ0v) is 12.4. The molecular weight excluding hydrogens is 290 g/mol. The minimum absolute atomic E-state index is 0.0198. The second-order valence-electron chi connectivity index (χ2n) is 4.94. The number of esters is 1. The van der Waals surface area contributed by atoms with E-state index in [-0.39, 0.29) is 18.1 Å². The Balaban J connectivity index is 1.79. The third-order valence-electron chi connectivity index (χ3n) is 3.58. The predicted octanol–water partition coefficient (Wildman–Crippen LogP) is 3.42. The van der Waals surface area contributed by atoms with E-state index >= 15 is 0 Å². The normalized spacial score (nSPS) is 23.8. The third-order valence-corrected chi connectivity index (χ3v) is 3.83. The van der Waals surface area contributed by atoms with E-state index in [4.69, 9.17) is 20.8 Å². The molecule has 0 aliphatic carbocycles. The average molecular weight is 306 g/mol. The maximum absolute atomic E-state index is 12.1. The van der Waals surface area contributed by atoms with E-state index in [1.165, 1.54) is 0 Å². The lowest BCUT2D eigenvalue weighted by Crippen LogP contribution is -2.16. The molecule has 0 amide bonds. The first-order valence-electron chi connectivity index (χ1n) is 6.91. The molecule has 1 unspecified atom stereocenters. The zero-order chi connectivity index (χ0) is 14.8. The van der Waals surface area contributed by atoms with Crippen LogP contribution in [0.3, 0.4) is 0 Å². The van der Waals surface area contributed by atoms with Crippen LogP contribution in [0.5, 0.6) is 0 Å². The second-order valence-corrected chi connectivity index (χ2v) is 5.38. The number of ether oxygens (including phenoxy) is 1. The van der Waals surface area contributed by atoms with E-state index in [0.717, 1.165) is 11.3 Å². The van der Waals surface area contributed by atoms with Gasteiger partial charge in [0.1, 0.15) is 11.8 Å². The molecule has 5 heteroatoms. The van der Waals surface area contributed by atoms with Crippen molar-refractivity contribution in [2.45, 2.75) is 25.6 Å². The van der Waals surface area contributed by atoms with Gasteiger partial charge in [0.25, 0.3) is 0 Å². The van der Waals surface area contributed by atoms with E-state index in [0.29, 0.717) is 18.2 Å². The summed E-state index contributed by atoms with van der Waals surface area (Å²) >= 11 is 5.92. The lowest BCUT2D eigenvalue weighted by Gasteiger charge is -2.01. The number of halogens is 1. The van der Waals surface area contributed by atoms with Crippen LogP contribution >= 0.6 is 11.6 Å². The Bertz CT molecular complexity index is 609. The predicted molar refractivity (Wildman–Crippen MR) is 78.9 cm³/mol. The molecule has 4 nitrogen and oxygen atoms in total. The summed E-state index contributed by atoms with van der Waals surface area (Å²) in [6.45, 7) is 2.79. The third kappa shape index (κ3) is 2.96. The molecule has 1 aromatic heterocycles. The fourth-order valence-corrected chi connectivity index (χ4v) is 2.71. The van der Waals surface area contributed by atoms with Crippen molar-refractivity contribution in [1.29, 1.82) is 0 Å². The van der Waals surface area contributed by atoms with Gasteiger partial charge in [-0.1, -0.05) is 23.7 Å². The zero-order valence-electron chi connectivity index (χ0n) is 11.7. The minimum atomic E-state index is -0.253. The summed E-state index contributed by atoms with van der Waals surface area (Å²) < 4.78 is 10.5. The summed E-state index contributed by atoms with van der Waals surface area (Å²) in [7, 11) is 0. The van der Waals surface area contributed by atoms with E-state index < -0.39 is 0 Å². The average Bonchev–Trinajstić information content (AvgIpc) is 2.92. The molecule has 21 heavy (non-hydrogen) atoms. The number of hydrogen-bond donors (Lipinski definition) is 0. The standard InChI is InChI=1S/C16H16ClNO3/c1-2-20-16(19)15-14(11-5-7-12(17)8-6-11)18(15)10-13-4-3-9-21-13/h3-9,14-15H,2,10H2,1H3/t14-,15-,18?/m1/s1. The quantitative estimate of drug-likeness (QED) is 0.627. The summed E-state index contributed by atoms with van der Waals surface area (Å²) in [6, 6.07) is 11.1. The van der Waals surface area contributed by atoms with E-state index in [1.54, 1.807) is 6.26 Å².